The normalized spacial score (nSPS) is 22.5. The molecule has 0 fully saturated rings. The molecule has 1 heterocycles. The van der Waals surface area contributed by atoms with Crippen molar-refractivity contribution in [3.8, 4) is 0 Å². The van der Waals surface area contributed by atoms with Gasteiger partial charge in [-0.15, -0.1) is 0 Å². The van der Waals surface area contributed by atoms with E-state index >= 15 is 0 Å². The summed E-state index contributed by atoms with van der Waals surface area (Å²) in [6.45, 7) is -0.561. The minimum atomic E-state index is -3.37. The fourth-order valence-electron chi connectivity index (χ4n) is 1.88. The van der Waals surface area contributed by atoms with Gasteiger partial charge in [-0.25, -0.2) is 9.18 Å². The molecule has 0 amide bonds. The molecule has 3 atom stereocenters. The quantitative estimate of drug-likeness (QED) is 0.342. The van der Waals surface area contributed by atoms with E-state index in [4.69, 9.17) is 10.5 Å². The molecule has 0 bridgehead atoms. The minimum Gasteiger partial charge on any atom is -0.781 e. The molecule has 3 unspecified atom stereocenters. The Balaban J connectivity index is 0.00000220. The van der Waals surface area contributed by atoms with Crippen molar-refractivity contribution in [3.05, 3.63) is 34.7 Å². The van der Waals surface area contributed by atoms with E-state index in [1.165, 1.54) is 22.9 Å². The summed E-state index contributed by atoms with van der Waals surface area (Å²) in [6, 6.07) is 0.860. The van der Waals surface area contributed by atoms with Gasteiger partial charge >= 0.3 is 35.2 Å². The van der Waals surface area contributed by atoms with Gasteiger partial charge in [-0.3, -0.25) is 4.57 Å². The van der Waals surface area contributed by atoms with Gasteiger partial charge in [0.05, 0.1) is 6.04 Å². The Morgan fingerprint density at radius 1 is 1.62 bits per heavy atom. The number of halogens is 1. The zero-order chi connectivity index (χ0) is 14.7. The first-order valence-corrected chi connectivity index (χ1v) is 6.87. The van der Waals surface area contributed by atoms with E-state index in [9.17, 15) is 18.6 Å². The van der Waals surface area contributed by atoms with Crippen LogP contribution in [0.3, 0.4) is 0 Å². The third kappa shape index (κ3) is 5.00. The number of nitrogen functional groups attached to an aromatic ring is 1. The standard InChI is InChI=1S/C10H13FN3O5P.Na/c11-7-3-6(4-8(7)18-5-19-20(16)17)14-2-1-9(12)13-10(14)15;/h1-3,6,8,20H,4-5H2,(H,16,17)(H2,12,13,15);/q;+1/p-1. The fraction of sp³-hybridized carbons (Fsp3) is 0.400. The van der Waals surface area contributed by atoms with Crippen LogP contribution in [0.15, 0.2) is 29.0 Å². The fourth-order valence-corrected chi connectivity index (χ4v) is 2.04. The molecule has 0 saturated heterocycles. The van der Waals surface area contributed by atoms with E-state index in [0.29, 0.717) is 0 Å². The van der Waals surface area contributed by atoms with Gasteiger partial charge in [-0.05, 0) is 12.1 Å². The Bertz CT molecular complexity index is 611. The summed E-state index contributed by atoms with van der Waals surface area (Å²) in [4.78, 5) is 25.4. The summed E-state index contributed by atoms with van der Waals surface area (Å²) in [6.07, 6.45) is 1.81. The maximum Gasteiger partial charge on any atom is 1.00 e. The van der Waals surface area contributed by atoms with Crippen molar-refractivity contribution in [3.63, 3.8) is 0 Å². The monoisotopic (exact) mass is 327 g/mol. The van der Waals surface area contributed by atoms with Crippen molar-refractivity contribution in [1.82, 2.24) is 9.55 Å². The summed E-state index contributed by atoms with van der Waals surface area (Å²) in [5.41, 5.74) is 4.77. The predicted octanol–water partition coefficient (Wildman–Crippen LogP) is -3.26. The van der Waals surface area contributed by atoms with Crippen molar-refractivity contribution in [2.45, 2.75) is 18.6 Å². The molecule has 1 aromatic heterocycles. The first-order valence-electron chi connectivity index (χ1n) is 5.64. The van der Waals surface area contributed by atoms with Crippen molar-refractivity contribution in [1.29, 1.82) is 0 Å². The molecule has 1 aliphatic rings. The topological polar surface area (TPSA) is 119 Å². The molecule has 8 nitrogen and oxygen atoms in total. The second-order valence-electron chi connectivity index (χ2n) is 4.06. The molecule has 11 heteroatoms. The Kier molecular flexibility index (Phi) is 7.22. The molecule has 0 aliphatic heterocycles. The molecule has 0 aromatic carbocycles. The van der Waals surface area contributed by atoms with E-state index in [2.05, 4.69) is 9.51 Å². The summed E-state index contributed by atoms with van der Waals surface area (Å²) in [5.74, 6) is -0.511. The smallest absolute Gasteiger partial charge is 0.781 e. The number of nitrogens with zero attached hydrogens (tertiary/aromatic N) is 2. The van der Waals surface area contributed by atoms with E-state index in [1.807, 2.05) is 0 Å². The first kappa shape index (κ1) is 18.5. The predicted molar refractivity (Wildman–Crippen MR) is 65.6 cm³/mol. The van der Waals surface area contributed by atoms with Crippen LogP contribution >= 0.6 is 8.25 Å². The number of ether oxygens (including phenoxy) is 1. The molecular weight excluding hydrogens is 315 g/mol. The van der Waals surface area contributed by atoms with Crippen LogP contribution in [0, 0.1) is 0 Å². The molecular formula is C10H12FN3NaO5P. The van der Waals surface area contributed by atoms with E-state index in [0.717, 1.165) is 0 Å². The van der Waals surface area contributed by atoms with Crippen LogP contribution in [0.1, 0.15) is 12.5 Å². The molecule has 2 N–H and O–H groups in total. The van der Waals surface area contributed by atoms with Crippen LogP contribution in [-0.2, 0) is 13.8 Å². The summed E-state index contributed by atoms with van der Waals surface area (Å²) >= 11 is 0. The summed E-state index contributed by atoms with van der Waals surface area (Å²) in [7, 11) is -3.37. The number of nitrogens with two attached hydrogens (primary N) is 1. The van der Waals surface area contributed by atoms with Crippen LogP contribution in [0.2, 0.25) is 0 Å². The molecule has 21 heavy (non-hydrogen) atoms. The molecule has 1 aromatic rings. The number of aromatic nitrogens is 2. The third-order valence-electron chi connectivity index (χ3n) is 2.77. The Hall–Kier alpha value is -0.540. The Morgan fingerprint density at radius 2 is 2.33 bits per heavy atom. The van der Waals surface area contributed by atoms with Gasteiger partial charge in [0, 0.05) is 12.6 Å². The summed E-state index contributed by atoms with van der Waals surface area (Å²) < 4.78 is 34.2. The van der Waals surface area contributed by atoms with Crippen molar-refractivity contribution >= 4 is 14.1 Å². The minimum absolute atomic E-state index is 0. The molecule has 0 spiro atoms. The van der Waals surface area contributed by atoms with Crippen molar-refractivity contribution < 1.29 is 52.7 Å². The van der Waals surface area contributed by atoms with Gasteiger partial charge in [0.1, 0.15) is 26.0 Å². The number of hydrogen-bond acceptors (Lipinski definition) is 7. The molecule has 110 valence electrons. The zero-order valence-corrected chi connectivity index (χ0v) is 14.2. The first-order chi connectivity index (χ1) is 9.47. The second-order valence-corrected chi connectivity index (χ2v) is 4.85. The van der Waals surface area contributed by atoms with Crippen LogP contribution in [0.4, 0.5) is 10.2 Å². The van der Waals surface area contributed by atoms with E-state index in [-0.39, 0.29) is 41.8 Å². The molecule has 0 radical (unpaired) electrons. The van der Waals surface area contributed by atoms with Crippen LogP contribution in [0.5, 0.6) is 0 Å². The van der Waals surface area contributed by atoms with Crippen LogP contribution < -0.4 is 45.9 Å². The van der Waals surface area contributed by atoms with Gasteiger partial charge in [0.15, 0.2) is 6.79 Å². The van der Waals surface area contributed by atoms with Crippen LogP contribution in [-0.4, -0.2) is 22.4 Å². The van der Waals surface area contributed by atoms with Crippen LogP contribution in [0.25, 0.3) is 0 Å². The average molecular weight is 327 g/mol. The van der Waals surface area contributed by atoms with Gasteiger partial charge in [0.25, 0.3) is 0 Å². The number of anilines is 1. The summed E-state index contributed by atoms with van der Waals surface area (Å²) in [5, 5.41) is 0. The SMILES string of the molecule is Nc1ccn(C2C=C(F)C(OCO[PH](=O)[O-])C2)c(=O)n1.[Na+]. The third-order valence-corrected chi connectivity index (χ3v) is 3.12. The van der Waals surface area contributed by atoms with Gasteiger partial charge in [-0.1, -0.05) is 0 Å². The number of hydrogen-bond donors (Lipinski definition) is 1. The van der Waals surface area contributed by atoms with Gasteiger partial charge < -0.3 is 24.5 Å². The van der Waals surface area contributed by atoms with Crippen molar-refractivity contribution in [2.75, 3.05) is 12.5 Å². The largest absolute Gasteiger partial charge is 1.00 e. The average Bonchev–Trinajstić information content (AvgIpc) is 2.70. The Morgan fingerprint density at radius 3 is 2.95 bits per heavy atom. The number of rotatable bonds is 5. The van der Waals surface area contributed by atoms with Gasteiger partial charge in [0.2, 0.25) is 0 Å². The number of allylic oxidation sites excluding steroid dienone is 1. The van der Waals surface area contributed by atoms with E-state index < -0.39 is 38.7 Å². The van der Waals surface area contributed by atoms with E-state index in [1.54, 1.807) is 0 Å². The maximum atomic E-state index is 13.6. The molecule has 0 saturated carbocycles. The van der Waals surface area contributed by atoms with Crippen molar-refractivity contribution in [2.24, 2.45) is 0 Å². The molecule has 1 aliphatic carbocycles. The second kappa shape index (κ2) is 8.19. The molecule has 2 rings (SSSR count). The Labute approximate surface area is 142 Å². The zero-order valence-electron chi connectivity index (χ0n) is 11.2. The van der Waals surface area contributed by atoms with Gasteiger partial charge in [-0.2, -0.15) is 4.98 Å². The maximum absolute atomic E-state index is 13.6.